The Balaban J connectivity index is 1.69. The summed E-state index contributed by atoms with van der Waals surface area (Å²) in [5.41, 5.74) is 0.931. The first-order valence-corrected chi connectivity index (χ1v) is 10.0. The highest BCUT2D eigenvalue weighted by Gasteiger charge is 2.27. The molecule has 0 radical (unpaired) electrons. The lowest BCUT2D eigenvalue weighted by molar-refractivity contribution is 0.352. The van der Waals surface area contributed by atoms with Gasteiger partial charge in [0.25, 0.3) is 0 Å². The smallest absolute Gasteiger partial charge is 0.191 e. The first kappa shape index (κ1) is 21.7. The van der Waals surface area contributed by atoms with Gasteiger partial charge >= 0.3 is 0 Å². The van der Waals surface area contributed by atoms with Crippen LogP contribution in [-0.4, -0.2) is 45.9 Å². The van der Waals surface area contributed by atoms with E-state index in [0.29, 0.717) is 43.6 Å². The van der Waals surface area contributed by atoms with Gasteiger partial charge in [-0.25, -0.2) is 13.8 Å². The summed E-state index contributed by atoms with van der Waals surface area (Å²) in [4.78, 5) is 6.39. The van der Waals surface area contributed by atoms with Crippen molar-refractivity contribution in [2.45, 2.75) is 25.9 Å². The van der Waals surface area contributed by atoms with Crippen LogP contribution in [0.3, 0.4) is 0 Å². The minimum absolute atomic E-state index is 0.0222. The molecule has 0 bridgehead atoms. The van der Waals surface area contributed by atoms with Crippen LogP contribution in [0.25, 0.3) is 0 Å². The van der Waals surface area contributed by atoms with Crippen LogP contribution in [-0.2, 0) is 6.54 Å². The topological polar surface area (TPSA) is 58.1 Å². The van der Waals surface area contributed by atoms with Gasteiger partial charge in [0.2, 0.25) is 0 Å². The molecule has 162 valence electrons. The van der Waals surface area contributed by atoms with Crippen LogP contribution in [0.1, 0.15) is 18.9 Å². The Labute approximate surface area is 175 Å². The van der Waals surface area contributed by atoms with Crippen LogP contribution in [0, 0.1) is 11.6 Å². The van der Waals surface area contributed by atoms with E-state index in [4.69, 9.17) is 9.47 Å². The molecular weight excluding hydrogens is 390 g/mol. The van der Waals surface area contributed by atoms with Crippen LogP contribution in [0.2, 0.25) is 0 Å². The van der Waals surface area contributed by atoms with Crippen LogP contribution in [0.4, 0.5) is 14.5 Å². The van der Waals surface area contributed by atoms with Crippen molar-refractivity contribution >= 4 is 11.6 Å². The molecule has 0 amide bonds. The molecule has 6 nitrogen and oxygen atoms in total. The second kappa shape index (κ2) is 10.1. The van der Waals surface area contributed by atoms with Crippen molar-refractivity contribution < 1.29 is 18.3 Å². The maximum Gasteiger partial charge on any atom is 0.191 e. The Bertz CT molecular complexity index is 871. The minimum atomic E-state index is -0.540. The second-order valence-corrected chi connectivity index (χ2v) is 6.99. The summed E-state index contributed by atoms with van der Waals surface area (Å²) in [5.74, 6) is 0.870. The third-order valence-corrected chi connectivity index (χ3v) is 5.02. The first-order valence-electron chi connectivity index (χ1n) is 10.0. The molecule has 0 spiro atoms. The number of anilines is 1. The molecule has 1 fully saturated rings. The van der Waals surface area contributed by atoms with E-state index in [9.17, 15) is 8.78 Å². The fourth-order valence-corrected chi connectivity index (χ4v) is 3.63. The quantitative estimate of drug-likeness (QED) is 0.534. The van der Waals surface area contributed by atoms with Crippen LogP contribution in [0.15, 0.2) is 41.4 Å². The minimum Gasteiger partial charge on any atom is -0.493 e. The number of hydrogen-bond donors (Lipinski definition) is 2. The standard InChI is InChI=1S/C22H28F2N4O2/c1-4-25-22(26-13-15-7-5-10-19(29-2)21(15)30-3)27-16-11-12-28(14-16)20-17(23)8-6-9-18(20)24/h5-10,16H,4,11-14H2,1-3H3,(H2,25,26,27). The summed E-state index contributed by atoms with van der Waals surface area (Å²) in [6.45, 7) is 4.13. The molecule has 1 heterocycles. The average Bonchev–Trinajstić information content (AvgIpc) is 3.19. The number of halogens is 2. The van der Waals surface area contributed by atoms with Crippen molar-refractivity contribution in [3.63, 3.8) is 0 Å². The van der Waals surface area contributed by atoms with E-state index in [2.05, 4.69) is 15.6 Å². The fraction of sp³-hybridized carbons (Fsp3) is 0.409. The number of guanidine groups is 1. The maximum atomic E-state index is 14.1. The Morgan fingerprint density at radius 1 is 1.13 bits per heavy atom. The zero-order valence-electron chi connectivity index (χ0n) is 17.5. The predicted octanol–water partition coefficient (Wildman–Crippen LogP) is 3.32. The van der Waals surface area contributed by atoms with Crippen LogP contribution < -0.4 is 25.0 Å². The highest BCUT2D eigenvalue weighted by molar-refractivity contribution is 5.80. The lowest BCUT2D eigenvalue weighted by Crippen LogP contribution is -2.44. The van der Waals surface area contributed by atoms with E-state index in [1.54, 1.807) is 19.1 Å². The van der Waals surface area contributed by atoms with Gasteiger partial charge in [-0.2, -0.15) is 0 Å². The van der Waals surface area contributed by atoms with Gasteiger partial charge in [-0.3, -0.25) is 0 Å². The number of rotatable bonds is 7. The first-order chi connectivity index (χ1) is 14.6. The molecular formula is C22H28F2N4O2. The summed E-state index contributed by atoms with van der Waals surface area (Å²) in [6, 6.07) is 9.64. The Morgan fingerprint density at radius 2 is 1.87 bits per heavy atom. The molecule has 2 aromatic carbocycles. The lowest BCUT2D eigenvalue weighted by atomic mass is 10.2. The SMILES string of the molecule is CCNC(=NCc1cccc(OC)c1OC)NC1CCN(c2c(F)cccc2F)C1. The van der Waals surface area contributed by atoms with Gasteiger partial charge in [0, 0.05) is 31.2 Å². The van der Waals surface area contributed by atoms with Crippen molar-refractivity contribution in [1.29, 1.82) is 0 Å². The summed E-state index contributed by atoms with van der Waals surface area (Å²) in [5, 5.41) is 6.60. The van der Waals surface area contributed by atoms with E-state index in [1.807, 2.05) is 25.1 Å². The maximum absolute atomic E-state index is 14.1. The number of ether oxygens (including phenoxy) is 2. The molecule has 8 heteroatoms. The number of hydrogen-bond acceptors (Lipinski definition) is 4. The zero-order valence-corrected chi connectivity index (χ0v) is 17.5. The average molecular weight is 418 g/mol. The molecule has 30 heavy (non-hydrogen) atoms. The molecule has 0 aromatic heterocycles. The number of nitrogens with one attached hydrogen (secondary N) is 2. The summed E-state index contributed by atoms with van der Waals surface area (Å²) >= 11 is 0. The van der Waals surface area contributed by atoms with Gasteiger partial charge in [-0.15, -0.1) is 0 Å². The van der Waals surface area contributed by atoms with Gasteiger partial charge in [-0.1, -0.05) is 18.2 Å². The Hall–Kier alpha value is -3.03. The normalized spacial score (nSPS) is 16.5. The molecule has 2 aromatic rings. The molecule has 1 aliphatic heterocycles. The summed E-state index contributed by atoms with van der Waals surface area (Å²) < 4.78 is 39.0. The fourth-order valence-electron chi connectivity index (χ4n) is 3.63. The molecule has 1 atom stereocenters. The van der Waals surface area contributed by atoms with Gasteiger partial charge in [0.1, 0.15) is 17.3 Å². The summed E-state index contributed by atoms with van der Waals surface area (Å²) in [6.07, 6.45) is 0.751. The van der Waals surface area contributed by atoms with E-state index in [1.165, 1.54) is 18.2 Å². The van der Waals surface area contributed by atoms with Gasteiger partial charge < -0.3 is 25.0 Å². The lowest BCUT2D eigenvalue weighted by Gasteiger charge is -2.21. The van der Waals surface area contributed by atoms with E-state index in [-0.39, 0.29) is 11.7 Å². The molecule has 0 saturated carbocycles. The number of aliphatic imine (C=N–C) groups is 1. The van der Waals surface area contributed by atoms with Gasteiger partial charge in [-0.05, 0) is 31.5 Å². The molecule has 3 rings (SSSR count). The second-order valence-electron chi connectivity index (χ2n) is 6.99. The number of benzene rings is 2. The van der Waals surface area contributed by atoms with Crippen LogP contribution >= 0.6 is 0 Å². The van der Waals surface area contributed by atoms with Gasteiger partial charge in [0.15, 0.2) is 17.5 Å². The number of methoxy groups -OCH3 is 2. The largest absolute Gasteiger partial charge is 0.493 e. The number of nitrogens with zero attached hydrogens (tertiary/aromatic N) is 2. The van der Waals surface area contributed by atoms with Crippen molar-refractivity contribution in [2.75, 3.05) is 38.8 Å². The van der Waals surface area contributed by atoms with E-state index in [0.717, 1.165) is 12.0 Å². The van der Waals surface area contributed by atoms with Crippen molar-refractivity contribution in [1.82, 2.24) is 10.6 Å². The third kappa shape index (κ3) is 4.93. The van der Waals surface area contributed by atoms with Crippen LogP contribution in [0.5, 0.6) is 11.5 Å². The summed E-state index contributed by atoms with van der Waals surface area (Å²) in [7, 11) is 3.20. The third-order valence-electron chi connectivity index (χ3n) is 5.02. The molecule has 1 aliphatic rings. The highest BCUT2D eigenvalue weighted by atomic mass is 19.1. The molecule has 1 saturated heterocycles. The highest BCUT2D eigenvalue weighted by Crippen LogP contribution is 2.31. The molecule has 0 aliphatic carbocycles. The zero-order chi connectivity index (χ0) is 21.5. The Kier molecular flexibility index (Phi) is 7.32. The number of para-hydroxylation sites is 2. The molecule has 1 unspecified atom stereocenters. The molecule has 2 N–H and O–H groups in total. The predicted molar refractivity (Wildman–Crippen MR) is 114 cm³/mol. The van der Waals surface area contributed by atoms with Crippen molar-refractivity contribution in [3.05, 3.63) is 53.6 Å². The monoisotopic (exact) mass is 418 g/mol. The van der Waals surface area contributed by atoms with E-state index < -0.39 is 11.6 Å². The van der Waals surface area contributed by atoms with Crippen molar-refractivity contribution in [2.24, 2.45) is 4.99 Å². The van der Waals surface area contributed by atoms with Crippen molar-refractivity contribution in [3.8, 4) is 11.5 Å². The Morgan fingerprint density at radius 3 is 2.53 bits per heavy atom. The van der Waals surface area contributed by atoms with Gasteiger partial charge in [0.05, 0.1) is 20.8 Å². The van der Waals surface area contributed by atoms with E-state index >= 15 is 0 Å².